The maximum absolute atomic E-state index is 12.6. The number of fused-ring (bicyclic) bond motifs is 1. The van der Waals surface area contributed by atoms with Crippen molar-refractivity contribution in [2.24, 2.45) is 7.05 Å². The number of ether oxygens (including phenoxy) is 1. The fourth-order valence-corrected chi connectivity index (χ4v) is 2.80. The van der Waals surface area contributed by atoms with Crippen molar-refractivity contribution < 1.29 is 9.53 Å². The quantitative estimate of drug-likeness (QED) is 0.742. The summed E-state index contributed by atoms with van der Waals surface area (Å²) in [6, 6.07) is 12.5. The molecule has 3 aromatic rings. The number of carbonyl (C=O) groups excluding carboxylic acids is 1. The maximum Gasteiger partial charge on any atom is 0.272 e. The van der Waals surface area contributed by atoms with Gasteiger partial charge in [0.05, 0.1) is 22.7 Å². The summed E-state index contributed by atoms with van der Waals surface area (Å²) in [6.45, 7) is 0. The van der Waals surface area contributed by atoms with Crippen molar-refractivity contribution in [3.8, 4) is 5.75 Å². The van der Waals surface area contributed by atoms with Crippen LogP contribution in [0.25, 0.3) is 10.9 Å². The van der Waals surface area contributed by atoms with Gasteiger partial charge in [0.15, 0.2) is 0 Å². The Morgan fingerprint density at radius 2 is 1.91 bits per heavy atom. The highest BCUT2D eigenvalue weighted by Crippen LogP contribution is 2.29. The number of nitrogens with zero attached hydrogens (tertiary/aromatic N) is 1. The summed E-state index contributed by atoms with van der Waals surface area (Å²) in [6.07, 6.45) is 0. The first-order valence-corrected chi connectivity index (χ1v) is 7.65. The number of hydrogen-bond acceptors (Lipinski definition) is 2. The number of aryl methyl sites for hydroxylation is 1. The molecule has 0 aliphatic heterocycles. The van der Waals surface area contributed by atoms with E-state index >= 15 is 0 Å². The second-order valence-electron chi connectivity index (χ2n) is 5.06. The summed E-state index contributed by atoms with van der Waals surface area (Å²) in [5.41, 5.74) is 2.03. The van der Waals surface area contributed by atoms with Crippen molar-refractivity contribution in [1.29, 1.82) is 0 Å². The molecule has 0 saturated carbocycles. The highest BCUT2D eigenvalue weighted by atomic mass is 35.5. The van der Waals surface area contributed by atoms with Gasteiger partial charge >= 0.3 is 0 Å². The van der Waals surface area contributed by atoms with E-state index in [-0.39, 0.29) is 5.91 Å². The van der Waals surface area contributed by atoms with Crippen LogP contribution in [0, 0.1) is 0 Å². The highest BCUT2D eigenvalue weighted by Gasteiger charge is 2.16. The van der Waals surface area contributed by atoms with Gasteiger partial charge in [0.1, 0.15) is 11.4 Å². The maximum atomic E-state index is 12.6. The van der Waals surface area contributed by atoms with Gasteiger partial charge in [0.2, 0.25) is 0 Å². The zero-order valence-corrected chi connectivity index (χ0v) is 14.1. The molecule has 1 amide bonds. The first kappa shape index (κ1) is 15.7. The summed E-state index contributed by atoms with van der Waals surface area (Å²) in [4.78, 5) is 12.6. The molecule has 118 valence electrons. The second kappa shape index (κ2) is 6.14. The highest BCUT2D eigenvalue weighted by molar-refractivity contribution is 6.42. The Morgan fingerprint density at radius 1 is 1.13 bits per heavy atom. The average Bonchev–Trinajstić information content (AvgIpc) is 2.88. The number of hydrogen-bond donors (Lipinski definition) is 1. The van der Waals surface area contributed by atoms with Crippen LogP contribution in [0.2, 0.25) is 10.0 Å². The van der Waals surface area contributed by atoms with E-state index < -0.39 is 0 Å². The number of carbonyl (C=O) groups is 1. The lowest BCUT2D eigenvalue weighted by molar-refractivity contribution is 0.102. The van der Waals surface area contributed by atoms with Crippen molar-refractivity contribution in [1.82, 2.24) is 4.57 Å². The molecule has 0 radical (unpaired) electrons. The van der Waals surface area contributed by atoms with E-state index in [1.54, 1.807) is 31.4 Å². The van der Waals surface area contributed by atoms with Crippen molar-refractivity contribution in [3.05, 3.63) is 58.2 Å². The number of nitrogens with one attached hydrogen (secondary N) is 1. The predicted molar refractivity (Wildman–Crippen MR) is 93.9 cm³/mol. The molecule has 2 aromatic carbocycles. The molecule has 3 rings (SSSR count). The molecule has 0 atom stereocenters. The normalized spacial score (nSPS) is 10.8. The number of halogens is 2. The van der Waals surface area contributed by atoms with Gasteiger partial charge in [-0.1, -0.05) is 29.3 Å². The summed E-state index contributed by atoms with van der Waals surface area (Å²) in [5.74, 6) is 0.496. The van der Waals surface area contributed by atoms with Crippen LogP contribution in [0.1, 0.15) is 10.5 Å². The van der Waals surface area contributed by atoms with E-state index in [2.05, 4.69) is 5.32 Å². The fraction of sp³-hybridized carbons (Fsp3) is 0.118. The molecule has 0 aliphatic rings. The van der Waals surface area contributed by atoms with Gasteiger partial charge in [-0.25, -0.2) is 0 Å². The smallest absolute Gasteiger partial charge is 0.272 e. The number of aromatic nitrogens is 1. The molecule has 1 aromatic heterocycles. The minimum Gasteiger partial charge on any atom is -0.496 e. The van der Waals surface area contributed by atoms with Crippen LogP contribution in [0.3, 0.4) is 0 Å². The second-order valence-corrected chi connectivity index (χ2v) is 5.88. The Balaban J connectivity index is 1.97. The van der Waals surface area contributed by atoms with Gasteiger partial charge in [-0.15, -0.1) is 0 Å². The van der Waals surface area contributed by atoms with Crippen molar-refractivity contribution in [3.63, 3.8) is 0 Å². The minimum atomic E-state index is -0.232. The number of methoxy groups -OCH3 is 1. The largest absolute Gasteiger partial charge is 0.496 e. The van der Waals surface area contributed by atoms with E-state index in [4.69, 9.17) is 27.9 Å². The number of amides is 1. The Kier molecular flexibility index (Phi) is 4.20. The molecule has 23 heavy (non-hydrogen) atoms. The molecule has 4 nitrogen and oxygen atoms in total. The predicted octanol–water partition coefficient (Wildman–Crippen LogP) is 4.75. The van der Waals surface area contributed by atoms with Crippen LogP contribution in [-0.2, 0) is 7.05 Å². The summed E-state index contributed by atoms with van der Waals surface area (Å²) in [5, 5.41) is 4.54. The number of anilines is 1. The third-order valence-corrected chi connectivity index (χ3v) is 4.42. The molecule has 0 bridgehead atoms. The van der Waals surface area contributed by atoms with Crippen molar-refractivity contribution >= 4 is 45.7 Å². The summed E-state index contributed by atoms with van der Waals surface area (Å²) in [7, 11) is 3.45. The molecule has 0 fully saturated rings. The van der Waals surface area contributed by atoms with Crippen LogP contribution in [0.5, 0.6) is 5.75 Å². The van der Waals surface area contributed by atoms with E-state index in [1.807, 2.05) is 29.8 Å². The molecule has 0 aliphatic carbocycles. The van der Waals surface area contributed by atoms with Crippen LogP contribution in [0.15, 0.2) is 42.5 Å². The zero-order valence-electron chi connectivity index (χ0n) is 12.6. The Morgan fingerprint density at radius 3 is 2.61 bits per heavy atom. The Hall–Kier alpha value is -2.17. The topological polar surface area (TPSA) is 43.3 Å². The molecule has 0 saturated heterocycles. The van der Waals surface area contributed by atoms with Gasteiger partial charge < -0.3 is 14.6 Å². The summed E-state index contributed by atoms with van der Waals surface area (Å²) < 4.78 is 7.17. The third-order valence-electron chi connectivity index (χ3n) is 3.68. The standard InChI is InChI=1S/C17H14Cl2N2O2/c1-21-14-4-3-5-16(23-2)11(14)9-15(21)17(22)20-10-6-7-12(18)13(19)8-10/h3-9H,1-2H3,(H,20,22). The van der Waals surface area contributed by atoms with Gasteiger partial charge in [-0.3, -0.25) is 4.79 Å². The lowest BCUT2D eigenvalue weighted by Crippen LogP contribution is -2.15. The van der Waals surface area contributed by atoms with Gasteiger partial charge in [-0.2, -0.15) is 0 Å². The van der Waals surface area contributed by atoms with E-state index in [0.29, 0.717) is 21.4 Å². The lowest BCUT2D eigenvalue weighted by Gasteiger charge is -2.07. The molecule has 0 unspecified atom stereocenters. The molecule has 0 spiro atoms. The molecule has 6 heteroatoms. The van der Waals surface area contributed by atoms with Crippen LogP contribution < -0.4 is 10.1 Å². The molecule has 1 heterocycles. The minimum absolute atomic E-state index is 0.232. The molecular weight excluding hydrogens is 335 g/mol. The Bertz CT molecular complexity index is 903. The molecular formula is C17H14Cl2N2O2. The van der Waals surface area contributed by atoms with Crippen LogP contribution in [0.4, 0.5) is 5.69 Å². The fourth-order valence-electron chi connectivity index (χ4n) is 2.50. The van der Waals surface area contributed by atoms with Gasteiger partial charge in [-0.05, 0) is 36.4 Å². The zero-order chi connectivity index (χ0) is 16.6. The SMILES string of the molecule is COc1cccc2c1cc(C(=O)Nc1ccc(Cl)c(Cl)c1)n2C. The monoisotopic (exact) mass is 348 g/mol. The average molecular weight is 349 g/mol. The van der Waals surface area contributed by atoms with E-state index in [1.165, 1.54) is 0 Å². The Labute approximate surface area is 143 Å². The van der Waals surface area contributed by atoms with Crippen molar-refractivity contribution in [2.45, 2.75) is 0 Å². The first-order valence-electron chi connectivity index (χ1n) is 6.90. The van der Waals surface area contributed by atoms with E-state index in [0.717, 1.165) is 16.7 Å². The van der Waals surface area contributed by atoms with Crippen LogP contribution in [-0.4, -0.2) is 17.6 Å². The molecule has 1 N–H and O–H groups in total. The number of benzene rings is 2. The van der Waals surface area contributed by atoms with Crippen LogP contribution >= 0.6 is 23.2 Å². The first-order chi connectivity index (χ1) is 11.0. The third kappa shape index (κ3) is 2.87. The number of rotatable bonds is 3. The van der Waals surface area contributed by atoms with Gasteiger partial charge in [0, 0.05) is 18.1 Å². The van der Waals surface area contributed by atoms with Crippen molar-refractivity contribution in [2.75, 3.05) is 12.4 Å². The lowest BCUT2D eigenvalue weighted by atomic mass is 10.2. The van der Waals surface area contributed by atoms with E-state index in [9.17, 15) is 4.79 Å². The van der Waals surface area contributed by atoms with Gasteiger partial charge in [0.25, 0.3) is 5.91 Å². The summed E-state index contributed by atoms with van der Waals surface area (Å²) >= 11 is 11.9.